The monoisotopic (exact) mass is 249 g/mol. The molecule has 18 heavy (non-hydrogen) atoms. The first-order valence-electron chi connectivity index (χ1n) is 5.27. The van der Waals surface area contributed by atoms with Crippen LogP contribution in [0.3, 0.4) is 0 Å². The van der Waals surface area contributed by atoms with Crippen molar-refractivity contribution in [2.24, 2.45) is 0 Å². The van der Waals surface area contributed by atoms with Crippen molar-refractivity contribution >= 4 is 23.3 Å². The summed E-state index contributed by atoms with van der Waals surface area (Å²) in [7, 11) is 1.19. The molecule has 1 N–H and O–H groups in total. The van der Waals surface area contributed by atoms with E-state index >= 15 is 0 Å². The van der Waals surface area contributed by atoms with E-state index < -0.39 is 11.9 Å². The van der Waals surface area contributed by atoms with Crippen molar-refractivity contribution in [1.82, 2.24) is 0 Å². The lowest BCUT2D eigenvalue weighted by Crippen LogP contribution is -2.25. The number of para-hydroxylation sites is 1. The number of carbonyl (C=O) groups excluding carboxylic acids is 3. The summed E-state index contributed by atoms with van der Waals surface area (Å²) in [6.07, 6.45) is -0.179. The van der Waals surface area contributed by atoms with Crippen LogP contribution in [-0.4, -0.2) is 36.4 Å². The van der Waals surface area contributed by atoms with E-state index in [9.17, 15) is 19.5 Å². The number of phenols is 1. The Labute approximate surface area is 103 Å². The summed E-state index contributed by atoms with van der Waals surface area (Å²) in [6.45, 7) is -0.0863. The van der Waals surface area contributed by atoms with Gasteiger partial charge in [-0.1, -0.05) is 6.07 Å². The summed E-state index contributed by atoms with van der Waals surface area (Å²) < 4.78 is 4.51. The van der Waals surface area contributed by atoms with Crippen molar-refractivity contribution in [3.05, 3.63) is 23.8 Å². The fraction of sp³-hybridized carbons (Fsp3) is 0.250. The van der Waals surface area contributed by atoms with Gasteiger partial charge in [0.05, 0.1) is 25.8 Å². The molecular weight excluding hydrogens is 238 g/mol. The number of hydrogen-bond acceptors (Lipinski definition) is 5. The van der Waals surface area contributed by atoms with Crippen LogP contribution in [0.5, 0.6) is 5.75 Å². The van der Waals surface area contributed by atoms with Crippen LogP contribution in [-0.2, 0) is 14.3 Å². The van der Waals surface area contributed by atoms with Gasteiger partial charge < -0.3 is 14.7 Å². The van der Waals surface area contributed by atoms with Crippen LogP contribution in [0.15, 0.2) is 18.2 Å². The van der Waals surface area contributed by atoms with E-state index in [1.165, 1.54) is 25.3 Å². The largest absolute Gasteiger partial charge is 0.505 e. The van der Waals surface area contributed by atoms with Crippen molar-refractivity contribution < 1.29 is 24.2 Å². The number of rotatable bonds is 2. The molecule has 1 aromatic rings. The number of methoxy groups -OCH3 is 1. The number of aromatic hydroxyl groups is 1. The van der Waals surface area contributed by atoms with E-state index in [1.807, 2.05) is 0 Å². The maximum absolute atomic E-state index is 11.6. The van der Waals surface area contributed by atoms with Crippen LogP contribution >= 0.6 is 0 Å². The molecule has 0 saturated carbocycles. The van der Waals surface area contributed by atoms with E-state index in [0.717, 1.165) is 4.90 Å². The fourth-order valence-corrected chi connectivity index (χ4v) is 1.83. The molecule has 6 heteroatoms. The normalized spacial score (nSPS) is 15.1. The second-order valence-electron chi connectivity index (χ2n) is 3.86. The maximum atomic E-state index is 11.6. The molecule has 0 spiro atoms. The van der Waals surface area contributed by atoms with Crippen LogP contribution < -0.4 is 4.90 Å². The van der Waals surface area contributed by atoms with Crippen molar-refractivity contribution in [3.8, 4) is 5.75 Å². The van der Waals surface area contributed by atoms with Crippen LogP contribution in [0.1, 0.15) is 16.8 Å². The highest BCUT2D eigenvalue weighted by molar-refractivity contribution is 6.16. The number of hydrogen-bond donors (Lipinski definition) is 1. The van der Waals surface area contributed by atoms with E-state index in [-0.39, 0.29) is 35.7 Å². The SMILES string of the molecule is COC(=O)c1cccc(N2CC(=O)CC2=O)c1O. The van der Waals surface area contributed by atoms with Crippen LogP contribution in [0.4, 0.5) is 5.69 Å². The molecule has 1 aliphatic heterocycles. The van der Waals surface area contributed by atoms with Gasteiger partial charge in [-0.3, -0.25) is 9.59 Å². The minimum atomic E-state index is -0.702. The smallest absolute Gasteiger partial charge is 0.341 e. The van der Waals surface area contributed by atoms with Crippen LogP contribution in [0.2, 0.25) is 0 Å². The molecule has 0 aromatic heterocycles. The van der Waals surface area contributed by atoms with Gasteiger partial charge in [-0.2, -0.15) is 0 Å². The summed E-state index contributed by atoms with van der Waals surface area (Å²) >= 11 is 0. The average molecular weight is 249 g/mol. The first kappa shape index (κ1) is 12.1. The Morgan fingerprint density at radius 3 is 2.67 bits per heavy atom. The lowest BCUT2D eigenvalue weighted by molar-refractivity contribution is -0.121. The van der Waals surface area contributed by atoms with Gasteiger partial charge in [0.15, 0.2) is 11.5 Å². The highest BCUT2D eigenvalue weighted by Gasteiger charge is 2.31. The van der Waals surface area contributed by atoms with Gasteiger partial charge in [0, 0.05) is 0 Å². The van der Waals surface area contributed by atoms with Crippen molar-refractivity contribution in [1.29, 1.82) is 0 Å². The molecule has 0 radical (unpaired) electrons. The van der Waals surface area contributed by atoms with Crippen molar-refractivity contribution in [2.45, 2.75) is 6.42 Å². The molecule has 1 amide bonds. The Bertz CT molecular complexity index is 537. The quantitative estimate of drug-likeness (QED) is 0.609. The first-order chi connectivity index (χ1) is 8.54. The summed E-state index contributed by atoms with van der Waals surface area (Å²) in [5.41, 5.74) is 0.107. The molecular formula is C12H11NO5. The highest BCUT2D eigenvalue weighted by atomic mass is 16.5. The second-order valence-corrected chi connectivity index (χ2v) is 3.86. The summed E-state index contributed by atoms with van der Waals surface area (Å²) in [5, 5.41) is 9.95. The summed E-state index contributed by atoms with van der Waals surface area (Å²) in [5.74, 6) is -1.67. The number of nitrogens with zero attached hydrogens (tertiary/aromatic N) is 1. The third kappa shape index (κ3) is 1.92. The Morgan fingerprint density at radius 2 is 2.11 bits per heavy atom. The third-order valence-electron chi connectivity index (χ3n) is 2.69. The number of carbonyl (C=O) groups is 3. The van der Waals surface area contributed by atoms with Gasteiger partial charge in [0.1, 0.15) is 5.56 Å². The summed E-state index contributed by atoms with van der Waals surface area (Å²) in [6, 6.07) is 4.36. The molecule has 1 saturated heterocycles. The van der Waals surface area contributed by atoms with Crippen LogP contribution in [0.25, 0.3) is 0 Å². The minimum absolute atomic E-state index is 0.0397. The molecule has 1 fully saturated rings. The molecule has 0 bridgehead atoms. The minimum Gasteiger partial charge on any atom is -0.505 e. The molecule has 1 aromatic carbocycles. The van der Waals surface area contributed by atoms with Gasteiger partial charge in [-0.25, -0.2) is 4.79 Å². The standard InChI is InChI=1S/C12H11NO5/c1-18-12(17)8-3-2-4-9(11(8)16)13-6-7(14)5-10(13)15/h2-4,16H,5-6H2,1H3. The van der Waals surface area contributed by atoms with Gasteiger partial charge in [0.2, 0.25) is 5.91 Å². The number of ether oxygens (including phenoxy) is 1. The predicted molar refractivity (Wildman–Crippen MR) is 61.4 cm³/mol. The molecule has 1 heterocycles. The Balaban J connectivity index is 2.43. The lowest BCUT2D eigenvalue weighted by atomic mass is 10.1. The lowest BCUT2D eigenvalue weighted by Gasteiger charge is -2.17. The van der Waals surface area contributed by atoms with E-state index in [1.54, 1.807) is 0 Å². The number of esters is 1. The summed E-state index contributed by atoms with van der Waals surface area (Å²) in [4.78, 5) is 35.3. The number of Topliss-reactive ketones (excluding diaryl/α,β-unsaturated/α-hetero) is 1. The zero-order chi connectivity index (χ0) is 13.3. The van der Waals surface area contributed by atoms with Gasteiger partial charge >= 0.3 is 5.97 Å². The molecule has 1 aliphatic rings. The number of benzene rings is 1. The van der Waals surface area contributed by atoms with E-state index in [4.69, 9.17) is 0 Å². The zero-order valence-electron chi connectivity index (χ0n) is 9.67. The number of amides is 1. The van der Waals surface area contributed by atoms with E-state index in [2.05, 4.69) is 4.74 Å². The highest BCUT2D eigenvalue weighted by Crippen LogP contribution is 2.33. The Hall–Kier alpha value is -2.37. The Kier molecular flexibility index (Phi) is 3.01. The van der Waals surface area contributed by atoms with Gasteiger partial charge in [-0.05, 0) is 12.1 Å². The number of phenolic OH excluding ortho intramolecular Hbond substituents is 1. The third-order valence-corrected chi connectivity index (χ3v) is 2.69. The first-order valence-corrected chi connectivity index (χ1v) is 5.27. The fourth-order valence-electron chi connectivity index (χ4n) is 1.83. The predicted octanol–water partition coefficient (Wildman–Crippen LogP) is 0.485. The molecule has 6 nitrogen and oxygen atoms in total. The second kappa shape index (κ2) is 4.48. The van der Waals surface area contributed by atoms with Crippen molar-refractivity contribution in [3.63, 3.8) is 0 Å². The number of ketones is 1. The maximum Gasteiger partial charge on any atom is 0.341 e. The molecule has 0 aliphatic carbocycles. The molecule has 0 atom stereocenters. The molecule has 94 valence electrons. The Morgan fingerprint density at radius 1 is 1.39 bits per heavy atom. The number of anilines is 1. The zero-order valence-corrected chi connectivity index (χ0v) is 9.67. The van der Waals surface area contributed by atoms with Gasteiger partial charge in [-0.15, -0.1) is 0 Å². The average Bonchev–Trinajstić information content (AvgIpc) is 2.68. The van der Waals surface area contributed by atoms with Gasteiger partial charge in [0.25, 0.3) is 0 Å². The topological polar surface area (TPSA) is 83.9 Å². The van der Waals surface area contributed by atoms with Crippen molar-refractivity contribution in [2.75, 3.05) is 18.6 Å². The molecule has 2 rings (SSSR count). The molecule has 0 unspecified atom stereocenters. The van der Waals surface area contributed by atoms with Crippen LogP contribution in [0, 0.1) is 0 Å². The van der Waals surface area contributed by atoms with E-state index in [0.29, 0.717) is 0 Å².